The van der Waals surface area contributed by atoms with E-state index >= 15 is 0 Å². The SMILES string of the molecule is CC(C)[C@@H](NC(=O)c1cccc(-c2cccc(C(N)=O)c2)c1)C(=O)N1CC[C@](O)(c2ccc(Cl)cc2)C(C)(C)C1. The number of carbonyl (C=O) groups excluding carboxylic acids is 3. The number of carbonyl (C=O) groups is 3. The van der Waals surface area contributed by atoms with Crippen molar-refractivity contribution < 1.29 is 19.5 Å². The Balaban J connectivity index is 1.51. The van der Waals surface area contributed by atoms with Gasteiger partial charge in [-0.1, -0.05) is 75.7 Å². The molecule has 1 aliphatic rings. The van der Waals surface area contributed by atoms with Crippen LogP contribution in [-0.2, 0) is 10.4 Å². The number of benzene rings is 3. The van der Waals surface area contributed by atoms with Gasteiger partial charge in [0.05, 0.1) is 5.60 Å². The van der Waals surface area contributed by atoms with Gasteiger partial charge < -0.3 is 21.1 Å². The first-order valence-corrected chi connectivity index (χ1v) is 13.8. The normalized spacial score (nSPS) is 19.2. The molecule has 1 fully saturated rings. The van der Waals surface area contributed by atoms with Crippen LogP contribution in [0.1, 0.15) is 60.4 Å². The van der Waals surface area contributed by atoms with Gasteiger partial charge >= 0.3 is 0 Å². The third-order valence-electron chi connectivity index (χ3n) is 7.91. The zero-order valence-electron chi connectivity index (χ0n) is 23.3. The van der Waals surface area contributed by atoms with E-state index in [1.807, 2.05) is 52.0 Å². The van der Waals surface area contributed by atoms with Gasteiger partial charge in [-0.2, -0.15) is 0 Å². The van der Waals surface area contributed by atoms with Gasteiger partial charge in [-0.05, 0) is 65.4 Å². The lowest BCUT2D eigenvalue weighted by molar-refractivity contribution is -0.155. The van der Waals surface area contributed by atoms with Crippen LogP contribution in [0.3, 0.4) is 0 Å². The van der Waals surface area contributed by atoms with Gasteiger partial charge in [0.2, 0.25) is 11.8 Å². The Hall–Kier alpha value is -3.68. The third kappa shape index (κ3) is 5.91. The third-order valence-corrected chi connectivity index (χ3v) is 8.16. The summed E-state index contributed by atoms with van der Waals surface area (Å²) in [6.45, 7) is 8.37. The molecule has 1 aliphatic heterocycles. The fourth-order valence-corrected chi connectivity index (χ4v) is 5.52. The second kappa shape index (κ2) is 11.4. The Morgan fingerprint density at radius 2 is 1.52 bits per heavy atom. The highest BCUT2D eigenvalue weighted by molar-refractivity contribution is 6.30. The van der Waals surface area contributed by atoms with Crippen molar-refractivity contribution in [1.29, 1.82) is 0 Å². The average molecular weight is 562 g/mol. The van der Waals surface area contributed by atoms with Crippen molar-refractivity contribution in [2.75, 3.05) is 13.1 Å². The van der Waals surface area contributed by atoms with Crippen LogP contribution < -0.4 is 11.1 Å². The van der Waals surface area contributed by atoms with Crippen LogP contribution in [0.25, 0.3) is 11.1 Å². The quantitative estimate of drug-likeness (QED) is 0.376. The van der Waals surface area contributed by atoms with Gasteiger partial charge in [-0.15, -0.1) is 0 Å². The van der Waals surface area contributed by atoms with Crippen LogP contribution in [0.15, 0.2) is 72.8 Å². The van der Waals surface area contributed by atoms with Gasteiger partial charge in [0, 0.05) is 34.7 Å². The molecular weight excluding hydrogens is 526 g/mol. The van der Waals surface area contributed by atoms with E-state index in [-0.39, 0.29) is 17.7 Å². The highest BCUT2D eigenvalue weighted by atomic mass is 35.5. The number of nitrogens with zero attached hydrogens (tertiary/aromatic N) is 1. The first-order chi connectivity index (χ1) is 18.8. The van der Waals surface area contributed by atoms with Crippen molar-refractivity contribution in [3.63, 3.8) is 0 Å². The first-order valence-electron chi connectivity index (χ1n) is 13.4. The van der Waals surface area contributed by atoms with Gasteiger partial charge in [0.1, 0.15) is 6.04 Å². The molecule has 3 aromatic rings. The van der Waals surface area contributed by atoms with E-state index < -0.39 is 23.0 Å². The van der Waals surface area contributed by atoms with Crippen molar-refractivity contribution in [3.8, 4) is 11.1 Å². The van der Waals surface area contributed by atoms with E-state index in [2.05, 4.69) is 5.32 Å². The largest absolute Gasteiger partial charge is 0.384 e. The second-order valence-corrected chi connectivity index (χ2v) is 11.9. The summed E-state index contributed by atoms with van der Waals surface area (Å²) >= 11 is 6.05. The molecule has 3 amide bonds. The summed E-state index contributed by atoms with van der Waals surface area (Å²) < 4.78 is 0. The fourth-order valence-electron chi connectivity index (χ4n) is 5.40. The maximum Gasteiger partial charge on any atom is 0.251 e. The average Bonchev–Trinajstić information content (AvgIpc) is 2.93. The molecule has 40 heavy (non-hydrogen) atoms. The summed E-state index contributed by atoms with van der Waals surface area (Å²) in [5.41, 5.74) is 6.70. The molecule has 4 rings (SSSR count). The number of aliphatic hydroxyl groups is 1. The van der Waals surface area contributed by atoms with Crippen LogP contribution in [-0.4, -0.2) is 46.9 Å². The van der Waals surface area contributed by atoms with Crippen LogP contribution >= 0.6 is 11.6 Å². The molecule has 7 nitrogen and oxygen atoms in total. The fraction of sp³-hybridized carbons (Fsp3) is 0.344. The van der Waals surface area contributed by atoms with E-state index in [1.54, 1.807) is 53.4 Å². The standard InChI is InChI=1S/C32H36ClN3O4/c1-20(2)27(30(39)36-16-15-32(40,31(3,4)19-36)25-11-13-26(33)14-12-25)35-29(38)24-10-6-8-22(18-24)21-7-5-9-23(17-21)28(34)37/h5-14,17-18,20,27,40H,15-16,19H2,1-4H3,(H2,34,37)(H,35,38)/t27-,32+/m1/s1. The van der Waals surface area contributed by atoms with E-state index in [9.17, 15) is 19.5 Å². The Bertz CT molecular complexity index is 1420. The van der Waals surface area contributed by atoms with Crippen molar-refractivity contribution in [1.82, 2.24) is 10.2 Å². The second-order valence-electron chi connectivity index (χ2n) is 11.5. The van der Waals surface area contributed by atoms with E-state index in [4.69, 9.17) is 17.3 Å². The molecular formula is C32H36ClN3O4. The smallest absolute Gasteiger partial charge is 0.251 e. The lowest BCUT2D eigenvalue weighted by atomic mass is 9.66. The zero-order valence-corrected chi connectivity index (χ0v) is 24.0. The number of halogens is 1. The number of rotatable bonds is 7. The molecule has 0 aromatic heterocycles. The number of piperidine rings is 1. The Labute approximate surface area is 240 Å². The summed E-state index contributed by atoms with van der Waals surface area (Å²) in [5.74, 6) is -1.23. The summed E-state index contributed by atoms with van der Waals surface area (Å²) in [4.78, 5) is 40.4. The van der Waals surface area contributed by atoms with Gasteiger partial charge in [-0.3, -0.25) is 14.4 Å². The minimum absolute atomic E-state index is 0.160. The van der Waals surface area contributed by atoms with Crippen LogP contribution in [0.5, 0.6) is 0 Å². The van der Waals surface area contributed by atoms with Crippen molar-refractivity contribution in [2.45, 2.75) is 45.8 Å². The monoisotopic (exact) mass is 561 g/mol. The summed E-state index contributed by atoms with van der Waals surface area (Å²) in [6.07, 6.45) is 0.360. The Morgan fingerprint density at radius 1 is 0.950 bits per heavy atom. The van der Waals surface area contributed by atoms with Crippen molar-refractivity contribution in [2.24, 2.45) is 17.1 Å². The minimum atomic E-state index is -1.13. The molecule has 210 valence electrons. The molecule has 0 unspecified atom stereocenters. The van der Waals surface area contributed by atoms with Gasteiger partial charge in [0.15, 0.2) is 0 Å². The summed E-state index contributed by atoms with van der Waals surface area (Å²) in [5, 5.41) is 15.2. The predicted octanol–water partition coefficient (Wildman–Crippen LogP) is 5.01. The molecule has 0 radical (unpaired) electrons. The number of nitrogens with one attached hydrogen (secondary N) is 1. The lowest BCUT2D eigenvalue weighted by Gasteiger charge is -2.51. The lowest BCUT2D eigenvalue weighted by Crippen LogP contribution is -2.60. The molecule has 0 spiro atoms. The number of likely N-dealkylation sites (tertiary alicyclic amines) is 1. The molecule has 0 saturated carbocycles. The number of hydrogen-bond donors (Lipinski definition) is 3. The van der Waals surface area contributed by atoms with E-state index in [0.29, 0.717) is 35.7 Å². The summed E-state index contributed by atoms with van der Waals surface area (Å²) in [7, 11) is 0. The molecule has 3 aromatic carbocycles. The van der Waals surface area contributed by atoms with Crippen molar-refractivity contribution in [3.05, 3.63) is 94.5 Å². The Morgan fingerprint density at radius 3 is 2.08 bits per heavy atom. The number of hydrogen-bond acceptors (Lipinski definition) is 4. The number of amides is 3. The molecule has 8 heteroatoms. The number of primary amides is 1. The van der Waals surface area contributed by atoms with Crippen LogP contribution in [0.4, 0.5) is 0 Å². The van der Waals surface area contributed by atoms with Crippen LogP contribution in [0, 0.1) is 11.3 Å². The van der Waals surface area contributed by atoms with E-state index in [0.717, 1.165) is 16.7 Å². The molecule has 0 bridgehead atoms. The highest BCUT2D eigenvalue weighted by Gasteiger charge is 2.50. The summed E-state index contributed by atoms with van der Waals surface area (Å²) in [6, 6.07) is 20.4. The van der Waals surface area contributed by atoms with E-state index in [1.165, 1.54) is 0 Å². The van der Waals surface area contributed by atoms with Crippen LogP contribution in [0.2, 0.25) is 5.02 Å². The molecule has 4 N–H and O–H groups in total. The molecule has 1 heterocycles. The highest BCUT2D eigenvalue weighted by Crippen LogP contribution is 2.46. The first kappa shape index (κ1) is 29.3. The topological polar surface area (TPSA) is 113 Å². The maximum absolute atomic E-state index is 13.7. The molecule has 2 atom stereocenters. The predicted molar refractivity (Wildman–Crippen MR) is 157 cm³/mol. The molecule has 1 saturated heterocycles. The minimum Gasteiger partial charge on any atom is -0.384 e. The molecule has 0 aliphatic carbocycles. The van der Waals surface area contributed by atoms with Crippen molar-refractivity contribution >= 4 is 29.3 Å². The van der Waals surface area contributed by atoms with Gasteiger partial charge in [0.25, 0.3) is 5.91 Å². The number of nitrogens with two attached hydrogens (primary N) is 1. The van der Waals surface area contributed by atoms with Gasteiger partial charge in [-0.25, -0.2) is 0 Å². The maximum atomic E-state index is 13.7. The Kier molecular flexibility index (Phi) is 8.38. The zero-order chi connectivity index (χ0) is 29.2.